The van der Waals surface area contributed by atoms with Gasteiger partial charge in [-0.1, -0.05) is 0 Å². The van der Waals surface area contributed by atoms with Gasteiger partial charge in [-0.15, -0.1) is 0 Å². The number of nitrogens with zero attached hydrogens (tertiary/aromatic N) is 2. The second-order valence-electron chi connectivity index (χ2n) is 6.02. The molecule has 0 aromatic carbocycles. The SMILES string of the molecule is CC(O)CC1(C)Cc2ccc(N3CCOCC3)nc2O1. The first kappa shape index (κ1) is 13.6. The van der Waals surface area contributed by atoms with Crippen molar-refractivity contribution in [1.29, 1.82) is 0 Å². The number of morpholine rings is 1. The number of aliphatic hydroxyl groups is 1. The first-order valence-corrected chi connectivity index (χ1v) is 7.25. The molecule has 1 N–H and O–H groups in total. The molecule has 110 valence electrons. The largest absolute Gasteiger partial charge is 0.471 e. The average Bonchev–Trinajstić information content (AvgIpc) is 2.73. The monoisotopic (exact) mass is 278 g/mol. The third kappa shape index (κ3) is 2.74. The highest BCUT2D eigenvalue weighted by Gasteiger charge is 2.37. The minimum absolute atomic E-state index is 0.340. The van der Waals surface area contributed by atoms with Gasteiger partial charge in [0.15, 0.2) is 0 Å². The van der Waals surface area contributed by atoms with Gasteiger partial charge in [-0.25, -0.2) is 0 Å². The Balaban J connectivity index is 1.77. The quantitative estimate of drug-likeness (QED) is 0.905. The summed E-state index contributed by atoms with van der Waals surface area (Å²) in [5.74, 6) is 1.67. The Hall–Kier alpha value is -1.33. The lowest BCUT2D eigenvalue weighted by Crippen LogP contribution is -2.36. The van der Waals surface area contributed by atoms with Gasteiger partial charge in [0.2, 0.25) is 5.88 Å². The molecule has 1 aromatic heterocycles. The van der Waals surface area contributed by atoms with Gasteiger partial charge in [0.25, 0.3) is 0 Å². The molecule has 0 spiro atoms. The van der Waals surface area contributed by atoms with Gasteiger partial charge < -0.3 is 19.5 Å². The highest BCUT2D eigenvalue weighted by atomic mass is 16.5. The fourth-order valence-electron chi connectivity index (χ4n) is 3.06. The summed E-state index contributed by atoms with van der Waals surface area (Å²) in [6, 6.07) is 4.15. The minimum Gasteiger partial charge on any atom is -0.471 e. The Morgan fingerprint density at radius 3 is 2.85 bits per heavy atom. The molecule has 1 fully saturated rings. The molecule has 2 atom stereocenters. The Morgan fingerprint density at radius 1 is 1.40 bits per heavy atom. The molecule has 0 amide bonds. The summed E-state index contributed by atoms with van der Waals surface area (Å²) >= 11 is 0. The molecule has 0 radical (unpaired) electrons. The van der Waals surface area contributed by atoms with Gasteiger partial charge in [-0.3, -0.25) is 0 Å². The molecule has 2 unspecified atom stereocenters. The summed E-state index contributed by atoms with van der Waals surface area (Å²) in [5.41, 5.74) is 0.790. The number of fused-ring (bicyclic) bond motifs is 1. The van der Waals surface area contributed by atoms with Crippen LogP contribution in [0.1, 0.15) is 25.8 Å². The number of ether oxygens (including phenoxy) is 2. The number of hydrogen-bond acceptors (Lipinski definition) is 5. The van der Waals surface area contributed by atoms with E-state index < -0.39 is 0 Å². The number of aromatic nitrogens is 1. The van der Waals surface area contributed by atoms with Crippen molar-refractivity contribution in [2.45, 2.75) is 38.4 Å². The van der Waals surface area contributed by atoms with Crippen LogP contribution in [0.15, 0.2) is 12.1 Å². The summed E-state index contributed by atoms with van der Waals surface area (Å²) in [6.07, 6.45) is 1.06. The fourth-order valence-corrected chi connectivity index (χ4v) is 3.06. The van der Waals surface area contributed by atoms with Gasteiger partial charge >= 0.3 is 0 Å². The van der Waals surface area contributed by atoms with Crippen LogP contribution in [-0.2, 0) is 11.2 Å². The molecule has 0 saturated carbocycles. The third-order valence-corrected chi connectivity index (χ3v) is 3.89. The zero-order valence-corrected chi connectivity index (χ0v) is 12.1. The van der Waals surface area contributed by atoms with E-state index >= 15 is 0 Å². The highest BCUT2D eigenvalue weighted by Crippen LogP contribution is 2.37. The standard InChI is InChI=1S/C15H22N2O3/c1-11(18)9-15(2)10-12-3-4-13(16-14(12)20-15)17-5-7-19-8-6-17/h3-4,11,18H,5-10H2,1-2H3. The van der Waals surface area contributed by atoms with E-state index in [1.165, 1.54) is 0 Å². The van der Waals surface area contributed by atoms with Crippen molar-refractivity contribution in [3.05, 3.63) is 17.7 Å². The van der Waals surface area contributed by atoms with Crippen molar-refractivity contribution in [1.82, 2.24) is 4.98 Å². The van der Waals surface area contributed by atoms with Crippen LogP contribution < -0.4 is 9.64 Å². The van der Waals surface area contributed by atoms with Crippen LogP contribution in [-0.4, -0.2) is 48.1 Å². The Bertz CT molecular complexity index is 486. The van der Waals surface area contributed by atoms with Crippen LogP contribution in [0.4, 0.5) is 5.82 Å². The van der Waals surface area contributed by atoms with E-state index in [1.807, 2.05) is 6.92 Å². The predicted molar refractivity (Wildman–Crippen MR) is 76.3 cm³/mol. The van der Waals surface area contributed by atoms with E-state index in [2.05, 4.69) is 22.0 Å². The molecule has 0 aliphatic carbocycles. The first-order chi connectivity index (χ1) is 9.56. The average molecular weight is 278 g/mol. The Kier molecular flexibility index (Phi) is 3.56. The molecule has 2 aliphatic rings. The molecular formula is C15H22N2O3. The van der Waals surface area contributed by atoms with E-state index in [-0.39, 0.29) is 11.7 Å². The van der Waals surface area contributed by atoms with Crippen LogP contribution in [0.25, 0.3) is 0 Å². The molecule has 0 bridgehead atoms. The molecule has 5 heteroatoms. The maximum absolute atomic E-state index is 9.59. The van der Waals surface area contributed by atoms with Crippen molar-refractivity contribution < 1.29 is 14.6 Å². The van der Waals surface area contributed by atoms with Gasteiger partial charge in [-0.05, 0) is 26.0 Å². The summed E-state index contributed by atoms with van der Waals surface area (Å²) in [7, 11) is 0. The summed E-state index contributed by atoms with van der Waals surface area (Å²) in [4.78, 5) is 6.87. The normalized spacial score (nSPS) is 27.1. The van der Waals surface area contributed by atoms with Crippen molar-refractivity contribution in [3.8, 4) is 5.88 Å². The minimum atomic E-state index is -0.368. The zero-order chi connectivity index (χ0) is 14.2. The van der Waals surface area contributed by atoms with Crippen LogP contribution in [0.2, 0.25) is 0 Å². The molecule has 20 heavy (non-hydrogen) atoms. The highest BCUT2D eigenvalue weighted by molar-refractivity contribution is 5.46. The predicted octanol–water partition coefficient (Wildman–Crippen LogP) is 1.38. The number of aliphatic hydroxyl groups excluding tert-OH is 1. The number of pyridine rings is 1. The van der Waals surface area contributed by atoms with E-state index in [4.69, 9.17) is 9.47 Å². The second-order valence-corrected chi connectivity index (χ2v) is 6.02. The lowest BCUT2D eigenvalue weighted by Gasteiger charge is -2.28. The van der Waals surface area contributed by atoms with Crippen molar-refractivity contribution >= 4 is 5.82 Å². The maximum atomic E-state index is 9.59. The molecule has 3 heterocycles. The fraction of sp³-hybridized carbons (Fsp3) is 0.667. The van der Waals surface area contributed by atoms with Crippen LogP contribution in [0, 0.1) is 0 Å². The van der Waals surface area contributed by atoms with Gasteiger partial charge in [0.05, 0.1) is 19.3 Å². The maximum Gasteiger partial charge on any atom is 0.219 e. The molecular weight excluding hydrogens is 256 g/mol. The lowest BCUT2D eigenvalue weighted by molar-refractivity contribution is 0.0459. The number of anilines is 1. The molecule has 1 aromatic rings. The first-order valence-electron chi connectivity index (χ1n) is 7.25. The van der Waals surface area contributed by atoms with E-state index in [0.717, 1.165) is 50.0 Å². The summed E-state index contributed by atoms with van der Waals surface area (Å²) < 4.78 is 11.4. The molecule has 5 nitrogen and oxygen atoms in total. The molecule has 3 rings (SSSR count). The number of hydrogen-bond donors (Lipinski definition) is 1. The van der Waals surface area contributed by atoms with Crippen molar-refractivity contribution in [2.24, 2.45) is 0 Å². The van der Waals surface area contributed by atoms with Crippen LogP contribution in [0.3, 0.4) is 0 Å². The summed E-state index contributed by atoms with van der Waals surface area (Å²) in [6.45, 7) is 7.08. The van der Waals surface area contributed by atoms with E-state index in [0.29, 0.717) is 6.42 Å². The number of rotatable bonds is 3. The zero-order valence-electron chi connectivity index (χ0n) is 12.1. The van der Waals surface area contributed by atoms with Crippen molar-refractivity contribution in [2.75, 3.05) is 31.2 Å². The topological polar surface area (TPSA) is 54.8 Å². The van der Waals surface area contributed by atoms with Gasteiger partial charge in [-0.2, -0.15) is 4.98 Å². The Morgan fingerprint density at radius 2 is 2.15 bits per heavy atom. The summed E-state index contributed by atoms with van der Waals surface area (Å²) in [5, 5.41) is 9.59. The van der Waals surface area contributed by atoms with E-state index in [1.54, 1.807) is 6.92 Å². The third-order valence-electron chi connectivity index (χ3n) is 3.89. The van der Waals surface area contributed by atoms with Crippen molar-refractivity contribution in [3.63, 3.8) is 0 Å². The second kappa shape index (κ2) is 5.22. The van der Waals surface area contributed by atoms with Gasteiger partial charge in [0, 0.05) is 31.5 Å². The van der Waals surface area contributed by atoms with Gasteiger partial charge in [0.1, 0.15) is 11.4 Å². The van der Waals surface area contributed by atoms with Crippen LogP contribution in [0.5, 0.6) is 5.88 Å². The molecule has 1 saturated heterocycles. The van der Waals surface area contributed by atoms with E-state index in [9.17, 15) is 5.11 Å². The van der Waals surface area contributed by atoms with Crippen LogP contribution >= 0.6 is 0 Å². The molecule has 2 aliphatic heterocycles. The Labute approximate surface area is 119 Å². The lowest BCUT2D eigenvalue weighted by atomic mass is 9.94. The smallest absolute Gasteiger partial charge is 0.219 e.